The third-order valence-corrected chi connectivity index (χ3v) is 7.14. The molecular formula is C26H30N4O5S. The topological polar surface area (TPSA) is 101 Å². The number of hydrogen-bond acceptors (Lipinski definition) is 7. The normalized spacial score (nSPS) is 11.2. The highest BCUT2D eigenvalue weighted by Gasteiger charge is 2.30. The van der Waals surface area contributed by atoms with Crippen LogP contribution in [0.4, 0.5) is 11.4 Å². The van der Waals surface area contributed by atoms with Crippen molar-refractivity contribution in [2.45, 2.75) is 11.8 Å². The fourth-order valence-corrected chi connectivity index (χ4v) is 4.76. The zero-order valence-electron chi connectivity index (χ0n) is 20.9. The predicted octanol–water partition coefficient (Wildman–Crippen LogP) is 3.42. The molecule has 10 heteroatoms. The van der Waals surface area contributed by atoms with Gasteiger partial charge < -0.3 is 14.4 Å². The molecule has 0 unspecified atom stereocenters. The quantitative estimate of drug-likeness (QED) is 0.331. The number of rotatable bonds is 10. The molecule has 3 aromatic rings. The molecule has 190 valence electrons. The number of anilines is 2. The van der Waals surface area contributed by atoms with Gasteiger partial charge in [-0.15, -0.1) is 0 Å². The second kappa shape index (κ2) is 11.6. The number of sulfonamides is 1. The Hall–Kier alpha value is -4.05. The zero-order valence-corrected chi connectivity index (χ0v) is 21.7. The number of benzene rings is 3. The Morgan fingerprint density at radius 3 is 2.22 bits per heavy atom. The van der Waals surface area contributed by atoms with Gasteiger partial charge in [0.15, 0.2) is 0 Å². The number of carbonyl (C=O) groups is 1. The maximum atomic E-state index is 13.6. The summed E-state index contributed by atoms with van der Waals surface area (Å²) in [5, 5.41) is 3.99. The van der Waals surface area contributed by atoms with Crippen molar-refractivity contribution < 1.29 is 22.7 Å². The number of ether oxygens (including phenoxy) is 2. The minimum absolute atomic E-state index is 0.0373. The fraction of sp³-hybridized carbons (Fsp3) is 0.231. The fourth-order valence-electron chi connectivity index (χ4n) is 3.33. The molecule has 0 atom stereocenters. The second-order valence-electron chi connectivity index (χ2n) is 8.14. The Balaban J connectivity index is 1.90. The van der Waals surface area contributed by atoms with Crippen molar-refractivity contribution in [3.63, 3.8) is 0 Å². The van der Waals surface area contributed by atoms with Crippen LogP contribution in [0.25, 0.3) is 0 Å². The number of nitrogens with zero attached hydrogens (tertiary/aromatic N) is 3. The molecule has 0 radical (unpaired) electrons. The van der Waals surface area contributed by atoms with Gasteiger partial charge in [0.1, 0.15) is 18.0 Å². The Labute approximate surface area is 212 Å². The highest BCUT2D eigenvalue weighted by molar-refractivity contribution is 7.92. The van der Waals surface area contributed by atoms with E-state index in [4.69, 9.17) is 9.47 Å². The summed E-state index contributed by atoms with van der Waals surface area (Å²) in [6, 6.07) is 18.7. The SMILES string of the molecule is COc1ccc(OC)c(N(CC(=O)N/N=C\c2ccc(N(C)C)cc2)S(=O)(=O)c2ccc(C)cc2)c1. The highest BCUT2D eigenvalue weighted by Crippen LogP contribution is 2.35. The summed E-state index contributed by atoms with van der Waals surface area (Å²) in [6.45, 7) is 1.33. The van der Waals surface area contributed by atoms with Gasteiger partial charge in [0, 0.05) is 25.8 Å². The molecule has 0 aliphatic heterocycles. The number of carbonyl (C=O) groups excluding carboxylic acids is 1. The first kappa shape index (κ1) is 26.6. The van der Waals surface area contributed by atoms with Crippen LogP contribution in [0.5, 0.6) is 11.5 Å². The smallest absolute Gasteiger partial charge is 0.264 e. The van der Waals surface area contributed by atoms with E-state index in [0.29, 0.717) is 5.75 Å². The van der Waals surface area contributed by atoms with Crippen LogP contribution in [0.1, 0.15) is 11.1 Å². The second-order valence-corrected chi connectivity index (χ2v) is 10.0. The van der Waals surface area contributed by atoms with Crippen molar-refractivity contribution in [2.75, 3.05) is 44.1 Å². The van der Waals surface area contributed by atoms with Gasteiger partial charge in [-0.1, -0.05) is 29.8 Å². The van der Waals surface area contributed by atoms with Crippen molar-refractivity contribution in [3.8, 4) is 11.5 Å². The molecule has 0 heterocycles. The van der Waals surface area contributed by atoms with Crippen LogP contribution in [-0.2, 0) is 14.8 Å². The van der Waals surface area contributed by atoms with Gasteiger partial charge in [-0.25, -0.2) is 13.8 Å². The molecule has 1 N–H and O–H groups in total. The van der Waals surface area contributed by atoms with Crippen LogP contribution in [0, 0.1) is 6.92 Å². The molecule has 0 aliphatic rings. The van der Waals surface area contributed by atoms with Crippen molar-refractivity contribution in [2.24, 2.45) is 5.10 Å². The van der Waals surface area contributed by atoms with Crippen molar-refractivity contribution in [1.82, 2.24) is 5.43 Å². The van der Waals surface area contributed by atoms with Gasteiger partial charge in [0.05, 0.1) is 31.0 Å². The van der Waals surface area contributed by atoms with Crippen LogP contribution in [-0.4, -0.2) is 55.4 Å². The molecular weight excluding hydrogens is 480 g/mol. The van der Waals surface area contributed by atoms with Gasteiger partial charge in [0.2, 0.25) is 0 Å². The maximum absolute atomic E-state index is 13.6. The highest BCUT2D eigenvalue weighted by atomic mass is 32.2. The molecule has 0 aliphatic carbocycles. The van der Waals surface area contributed by atoms with Gasteiger partial charge in [0.25, 0.3) is 15.9 Å². The molecule has 3 aromatic carbocycles. The van der Waals surface area contributed by atoms with Crippen molar-refractivity contribution in [3.05, 3.63) is 77.9 Å². The van der Waals surface area contributed by atoms with Crippen molar-refractivity contribution in [1.29, 1.82) is 0 Å². The number of amides is 1. The van der Waals surface area contributed by atoms with E-state index in [0.717, 1.165) is 21.1 Å². The standard InChI is InChI=1S/C26H30N4O5S/c1-19-6-13-23(14-7-19)36(32,33)30(24-16-22(34-4)12-15-25(24)35-5)18-26(31)28-27-17-20-8-10-21(11-9-20)29(2)3/h6-17H,18H2,1-5H3,(H,28,31)/b27-17-. The molecule has 0 aromatic heterocycles. The average molecular weight is 511 g/mol. The summed E-state index contributed by atoms with van der Waals surface area (Å²) < 4.78 is 38.9. The first-order chi connectivity index (χ1) is 17.1. The third-order valence-electron chi connectivity index (χ3n) is 5.36. The number of hydrazone groups is 1. The van der Waals surface area contributed by atoms with E-state index < -0.39 is 22.5 Å². The summed E-state index contributed by atoms with van der Waals surface area (Å²) in [5.74, 6) is 0.0509. The molecule has 0 bridgehead atoms. The molecule has 0 saturated carbocycles. The minimum Gasteiger partial charge on any atom is -0.497 e. The number of nitrogens with one attached hydrogen (secondary N) is 1. The first-order valence-corrected chi connectivity index (χ1v) is 12.5. The molecule has 0 fully saturated rings. The monoisotopic (exact) mass is 510 g/mol. The lowest BCUT2D eigenvalue weighted by Gasteiger charge is -2.25. The molecule has 36 heavy (non-hydrogen) atoms. The van der Waals surface area contributed by atoms with E-state index in [2.05, 4.69) is 10.5 Å². The Morgan fingerprint density at radius 1 is 0.972 bits per heavy atom. The Kier molecular flexibility index (Phi) is 8.55. The molecule has 9 nitrogen and oxygen atoms in total. The largest absolute Gasteiger partial charge is 0.497 e. The average Bonchev–Trinajstić information content (AvgIpc) is 2.87. The summed E-state index contributed by atoms with van der Waals surface area (Å²) in [6.07, 6.45) is 1.49. The number of hydrogen-bond donors (Lipinski definition) is 1. The van der Waals surface area contributed by atoms with Gasteiger partial charge in [-0.2, -0.15) is 5.10 Å². The third kappa shape index (κ3) is 6.33. The van der Waals surface area contributed by atoms with Crippen LogP contribution in [0.2, 0.25) is 0 Å². The molecule has 0 saturated heterocycles. The lowest BCUT2D eigenvalue weighted by atomic mass is 10.2. The van der Waals surface area contributed by atoms with Gasteiger partial charge >= 0.3 is 0 Å². The lowest BCUT2D eigenvalue weighted by molar-refractivity contribution is -0.119. The summed E-state index contributed by atoms with van der Waals surface area (Å²) in [7, 11) is 2.64. The van der Waals surface area contributed by atoms with Crippen LogP contribution < -0.4 is 24.1 Å². The van der Waals surface area contributed by atoms with E-state index in [1.54, 1.807) is 24.3 Å². The summed E-state index contributed by atoms with van der Waals surface area (Å²) in [5.41, 5.74) is 5.29. The Bertz CT molecular complexity index is 1320. The molecule has 3 rings (SSSR count). The number of aryl methyl sites for hydroxylation is 1. The zero-order chi connectivity index (χ0) is 26.3. The van der Waals surface area contributed by atoms with Crippen LogP contribution >= 0.6 is 0 Å². The Morgan fingerprint density at radius 2 is 1.64 bits per heavy atom. The van der Waals surface area contributed by atoms with Gasteiger partial charge in [-0.3, -0.25) is 9.10 Å². The van der Waals surface area contributed by atoms with E-state index in [1.807, 2.05) is 50.2 Å². The summed E-state index contributed by atoms with van der Waals surface area (Å²) >= 11 is 0. The molecule has 1 amide bonds. The van der Waals surface area contributed by atoms with Crippen LogP contribution in [0.3, 0.4) is 0 Å². The number of methoxy groups -OCH3 is 2. The van der Waals surface area contributed by atoms with Crippen molar-refractivity contribution >= 4 is 33.5 Å². The minimum atomic E-state index is -4.13. The summed E-state index contributed by atoms with van der Waals surface area (Å²) in [4.78, 5) is 14.8. The lowest BCUT2D eigenvalue weighted by Crippen LogP contribution is -2.39. The first-order valence-electron chi connectivity index (χ1n) is 11.1. The van der Waals surface area contributed by atoms with Crippen LogP contribution in [0.15, 0.2) is 76.7 Å². The van der Waals surface area contributed by atoms with E-state index in [9.17, 15) is 13.2 Å². The predicted molar refractivity (Wildman–Crippen MR) is 142 cm³/mol. The van der Waals surface area contributed by atoms with Gasteiger partial charge in [-0.05, 0) is 48.9 Å². The maximum Gasteiger partial charge on any atom is 0.264 e. The van der Waals surface area contributed by atoms with E-state index in [1.165, 1.54) is 38.6 Å². The van der Waals surface area contributed by atoms with E-state index >= 15 is 0 Å². The molecule has 0 spiro atoms. The van der Waals surface area contributed by atoms with E-state index in [-0.39, 0.29) is 16.3 Å².